The summed E-state index contributed by atoms with van der Waals surface area (Å²) in [4.78, 5) is 8.49. The Morgan fingerprint density at radius 1 is 1.60 bits per heavy atom. The summed E-state index contributed by atoms with van der Waals surface area (Å²) in [5.41, 5.74) is 0.801. The molecule has 4 nitrogen and oxygen atoms in total. The number of fused-ring (bicyclic) bond motifs is 1. The monoisotopic (exact) mass is 206 g/mol. The van der Waals surface area contributed by atoms with E-state index in [1.165, 1.54) is 0 Å². The molecule has 1 aliphatic heterocycles. The van der Waals surface area contributed by atoms with Crippen LogP contribution in [-0.2, 0) is 4.74 Å². The minimum atomic E-state index is -0.0452. The van der Waals surface area contributed by atoms with Crippen molar-refractivity contribution in [1.29, 1.82) is 0 Å². The molecule has 1 aliphatic rings. The first-order valence-corrected chi connectivity index (χ1v) is 5.09. The number of aryl methyl sites for hydroxylation is 1. The lowest BCUT2D eigenvalue weighted by molar-refractivity contribution is 0.0621. The van der Waals surface area contributed by atoms with Crippen LogP contribution in [0.4, 0.5) is 5.88 Å². The molecule has 0 bridgehead atoms. The molecular formula is C11H14N2O2. The molecular weight excluding hydrogens is 192 g/mol. The maximum atomic E-state index is 5.61. The lowest BCUT2D eigenvalue weighted by Gasteiger charge is -2.13. The fourth-order valence-corrected chi connectivity index (χ4v) is 1.57. The molecule has 1 aromatic rings. The number of aliphatic imine (C=N–C) groups is 1. The largest absolute Gasteiger partial charge is 0.423 e. The van der Waals surface area contributed by atoms with Crippen molar-refractivity contribution in [3.05, 3.63) is 23.7 Å². The molecule has 0 saturated carbocycles. The van der Waals surface area contributed by atoms with Gasteiger partial charge in [0.15, 0.2) is 5.89 Å². The molecule has 0 N–H and O–H groups in total. The standard InChI is InChI=1S/C11H14N2O2/c1-3-14-9-6-4-5-7-12-11-10(9)13-8(2)15-11/h4-5,7,9H,3,6H2,1-2H3/t9-/m0/s1. The summed E-state index contributed by atoms with van der Waals surface area (Å²) in [5, 5.41) is 0. The van der Waals surface area contributed by atoms with Gasteiger partial charge in [0.1, 0.15) is 11.8 Å². The maximum Gasteiger partial charge on any atom is 0.245 e. The fourth-order valence-electron chi connectivity index (χ4n) is 1.57. The maximum absolute atomic E-state index is 5.61. The van der Waals surface area contributed by atoms with Gasteiger partial charge in [-0.2, -0.15) is 0 Å². The minimum Gasteiger partial charge on any atom is -0.423 e. The molecule has 0 saturated heterocycles. The van der Waals surface area contributed by atoms with Gasteiger partial charge in [-0.25, -0.2) is 9.98 Å². The molecule has 1 atom stereocenters. The number of hydrogen-bond acceptors (Lipinski definition) is 4. The van der Waals surface area contributed by atoms with Crippen LogP contribution in [0.2, 0.25) is 0 Å². The molecule has 0 radical (unpaired) electrons. The predicted octanol–water partition coefficient (Wildman–Crippen LogP) is 2.72. The summed E-state index contributed by atoms with van der Waals surface area (Å²) in [6.07, 6.45) is 6.39. The zero-order valence-electron chi connectivity index (χ0n) is 8.93. The Morgan fingerprint density at radius 3 is 3.27 bits per heavy atom. The van der Waals surface area contributed by atoms with E-state index in [0.717, 1.165) is 12.1 Å². The summed E-state index contributed by atoms with van der Waals surface area (Å²) in [6.45, 7) is 4.45. The van der Waals surface area contributed by atoms with Gasteiger partial charge in [-0.05, 0) is 19.4 Å². The van der Waals surface area contributed by atoms with Crippen LogP contribution in [0.5, 0.6) is 0 Å². The first-order chi connectivity index (χ1) is 7.31. The van der Waals surface area contributed by atoms with E-state index in [1.807, 2.05) is 26.0 Å². The van der Waals surface area contributed by atoms with E-state index in [9.17, 15) is 0 Å². The summed E-state index contributed by atoms with van der Waals surface area (Å²) >= 11 is 0. The highest BCUT2D eigenvalue weighted by molar-refractivity contribution is 5.74. The lowest BCUT2D eigenvalue weighted by atomic mass is 10.1. The van der Waals surface area contributed by atoms with E-state index >= 15 is 0 Å². The van der Waals surface area contributed by atoms with Crippen molar-refractivity contribution in [3.63, 3.8) is 0 Å². The van der Waals surface area contributed by atoms with Crippen molar-refractivity contribution in [2.45, 2.75) is 26.4 Å². The number of nitrogens with zero attached hydrogens (tertiary/aromatic N) is 2. The third kappa shape index (κ3) is 2.15. The van der Waals surface area contributed by atoms with Gasteiger partial charge in [0.05, 0.1) is 0 Å². The van der Waals surface area contributed by atoms with Crippen LogP contribution < -0.4 is 0 Å². The van der Waals surface area contributed by atoms with Crippen LogP contribution in [0.15, 0.2) is 21.6 Å². The molecule has 15 heavy (non-hydrogen) atoms. The predicted molar refractivity (Wildman–Crippen MR) is 57.5 cm³/mol. The van der Waals surface area contributed by atoms with Crippen LogP contribution in [0.1, 0.15) is 31.0 Å². The minimum absolute atomic E-state index is 0.0452. The van der Waals surface area contributed by atoms with Gasteiger partial charge in [-0.1, -0.05) is 6.08 Å². The van der Waals surface area contributed by atoms with Crippen molar-refractivity contribution in [3.8, 4) is 0 Å². The first-order valence-electron chi connectivity index (χ1n) is 5.09. The second-order valence-corrected chi connectivity index (χ2v) is 3.31. The molecule has 0 aliphatic carbocycles. The number of oxazole rings is 1. The van der Waals surface area contributed by atoms with Crippen LogP contribution in [0, 0.1) is 6.92 Å². The van der Waals surface area contributed by atoms with Gasteiger partial charge in [0, 0.05) is 19.7 Å². The second kappa shape index (κ2) is 4.40. The van der Waals surface area contributed by atoms with E-state index < -0.39 is 0 Å². The highest BCUT2D eigenvalue weighted by atomic mass is 16.5. The molecule has 0 amide bonds. The zero-order valence-corrected chi connectivity index (χ0v) is 8.93. The smallest absolute Gasteiger partial charge is 0.245 e. The van der Waals surface area contributed by atoms with Gasteiger partial charge >= 0.3 is 0 Å². The average Bonchev–Trinajstić information content (AvgIpc) is 2.54. The van der Waals surface area contributed by atoms with Crippen LogP contribution in [0.3, 0.4) is 0 Å². The van der Waals surface area contributed by atoms with Crippen molar-refractivity contribution in [2.24, 2.45) is 4.99 Å². The van der Waals surface area contributed by atoms with E-state index in [0.29, 0.717) is 18.4 Å². The highest BCUT2D eigenvalue weighted by Gasteiger charge is 2.21. The third-order valence-corrected chi connectivity index (χ3v) is 2.18. The van der Waals surface area contributed by atoms with Crippen molar-refractivity contribution < 1.29 is 9.15 Å². The summed E-state index contributed by atoms with van der Waals surface area (Å²) < 4.78 is 11.0. The summed E-state index contributed by atoms with van der Waals surface area (Å²) in [5.74, 6) is 1.19. The molecule has 0 fully saturated rings. The Morgan fingerprint density at radius 2 is 2.47 bits per heavy atom. The van der Waals surface area contributed by atoms with Gasteiger partial charge < -0.3 is 9.15 Å². The molecule has 0 unspecified atom stereocenters. The Labute approximate surface area is 88.7 Å². The number of ether oxygens (including phenoxy) is 1. The Bertz CT molecular complexity index is 393. The van der Waals surface area contributed by atoms with Gasteiger partial charge in [0.25, 0.3) is 0 Å². The Hall–Kier alpha value is -1.42. The van der Waals surface area contributed by atoms with E-state index in [-0.39, 0.29) is 6.10 Å². The first kappa shape index (κ1) is 10.1. The number of aromatic nitrogens is 1. The van der Waals surface area contributed by atoms with Crippen molar-refractivity contribution in [2.75, 3.05) is 6.61 Å². The molecule has 1 aromatic heterocycles. The number of allylic oxidation sites excluding steroid dienone is 1. The fraction of sp³-hybridized carbons (Fsp3) is 0.455. The molecule has 0 aromatic carbocycles. The number of rotatable bonds is 2. The van der Waals surface area contributed by atoms with E-state index in [2.05, 4.69) is 9.98 Å². The van der Waals surface area contributed by atoms with Crippen LogP contribution in [0.25, 0.3) is 0 Å². The van der Waals surface area contributed by atoms with Crippen molar-refractivity contribution in [1.82, 2.24) is 4.98 Å². The molecule has 0 spiro atoms. The van der Waals surface area contributed by atoms with E-state index in [4.69, 9.17) is 9.15 Å². The molecule has 2 heterocycles. The Balaban J connectivity index is 2.37. The van der Waals surface area contributed by atoms with Crippen LogP contribution in [-0.4, -0.2) is 17.8 Å². The second-order valence-electron chi connectivity index (χ2n) is 3.31. The SMILES string of the molecule is CCO[C@H]1CC=CC=Nc2oc(C)nc21. The average molecular weight is 206 g/mol. The van der Waals surface area contributed by atoms with Gasteiger partial charge in [-0.3, -0.25) is 0 Å². The quantitative estimate of drug-likeness (QED) is 0.747. The summed E-state index contributed by atoms with van der Waals surface area (Å²) in [7, 11) is 0. The van der Waals surface area contributed by atoms with Crippen molar-refractivity contribution >= 4 is 12.1 Å². The third-order valence-electron chi connectivity index (χ3n) is 2.18. The molecule has 4 heteroatoms. The Kier molecular flexibility index (Phi) is 2.97. The summed E-state index contributed by atoms with van der Waals surface area (Å²) in [6, 6.07) is 0. The molecule has 2 rings (SSSR count). The molecule has 80 valence electrons. The normalized spacial score (nSPS) is 19.7. The highest BCUT2D eigenvalue weighted by Crippen LogP contribution is 2.31. The van der Waals surface area contributed by atoms with E-state index in [1.54, 1.807) is 6.21 Å². The zero-order chi connectivity index (χ0) is 10.7. The lowest BCUT2D eigenvalue weighted by Crippen LogP contribution is -2.05. The van der Waals surface area contributed by atoms with Gasteiger partial charge in [-0.15, -0.1) is 0 Å². The number of hydrogen-bond donors (Lipinski definition) is 0. The van der Waals surface area contributed by atoms with Crippen LogP contribution >= 0.6 is 0 Å². The van der Waals surface area contributed by atoms with Gasteiger partial charge in [0.2, 0.25) is 5.88 Å². The topological polar surface area (TPSA) is 47.6 Å².